The summed E-state index contributed by atoms with van der Waals surface area (Å²) in [4.78, 5) is 12.5. The molecule has 0 spiro atoms. The molecule has 1 amide bonds. The number of carbonyl (C=O) groups is 1. The van der Waals surface area contributed by atoms with E-state index in [9.17, 15) is 4.79 Å². The van der Waals surface area contributed by atoms with Crippen LogP contribution in [0.5, 0.6) is 23.0 Å². The highest BCUT2D eigenvalue weighted by molar-refractivity contribution is 6.02. The average molecular weight is 358 g/mol. The topological polar surface area (TPSA) is 78.4 Å². The van der Waals surface area contributed by atoms with Gasteiger partial charge in [-0.3, -0.25) is 4.79 Å². The Hall–Kier alpha value is -3.22. The summed E-state index contributed by atoms with van der Waals surface area (Å²) >= 11 is 0. The van der Waals surface area contributed by atoms with Crippen LogP contribution in [0.4, 0.5) is 0 Å². The lowest BCUT2D eigenvalue weighted by molar-refractivity contribution is 0.0954. The summed E-state index contributed by atoms with van der Waals surface area (Å²) in [6.45, 7) is 1.79. The predicted molar refractivity (Wildman–Crippen MR) is 98.8 cm³/mol. The molecule has 1 N–H and O–H groups in total. The molecule has 0 radical (unpaired) electrons. The zero-order valence-electron chi connectivity index (χ0n) is 15.5. The van der Waals surface area contributed by atoms with Crippen molar-refractivity contribution in [3.05, 3.63) is 47.5 Å². The summed E-state index contributed by atoms with van der Waals surface area (Å²) in [5.74, 6) is 1.47. The Kier molecular flexibility index (Phi) is 6.43. The van der Waals surface area contributed by atoms with Crippen LogP contribution in [-0.4, -0.2) is 40.1 Å². The van der Waals surface area contributed by atoms with Crippen LogP contribution in [0.15, 0.2) is 41.5 Å². The van der Waals surface area contributed by atoms with Crippen molar-refractivity contribution in [1.29, 1.82) is 0 Å². The van der Waals surface area contributed by atoms with Crippen LogP contribution in [0.3, 0.4) is 0 Å². The minimum absolute atomic E-state index is 0.330. The number of ether oxygens (including phenoxy) is 4. The first-order valence-corrected chi connectivity index (χ1v) is 7.83. The third kappa shape index (κ3) is 4.05. The number of amides is 1. The molecule has 0 fully saturated rings. The van der Waals surface area contributed by atoms with Gasteiger partial charge in [-0.05, 0) is 31.2 Å². The number of para-hydroxylation sites is 1. The van der Waals surface area contributed by atoms with Gasteiger partial charge in [-0.1, -0.05) is 12.1 Å². The largest absolute Gasteiger partial charge is 0.496 e. The fourth-order valence-corrected chi connectivity index (χ4v) is 2.42. The Bertz CT molecular complexity index is 792. The third-order valence-corrected chi connectivity index (χ3v) is 3.75. The first-order valence-electron chi connectivity index (χ1n) is 7.83. The number of hydrogen-bond donors (Lipinski definition) is 1. The van der Waals surface area contributed by atoms with E-state index in [1.54, 1.807) is 26.2 Å². The SMILES string of the molecule is COc1ccccc1C(C)=NNC(=O)c1cc(OC)c(OC)c(OC)c1. The van der Waals surface area contributed by atoms with Crippen LogP contribution in [-0.2, 0) is 0 Å². The van der Waals surface area contributed by atoms with E-state index >= 15 is 0 Å². The number of hydrazone groups is 1. The van der Waals surface area contributed by atoms with Gasteiger partial charge in [-0.25, -0.2) is 5.43 Å². The van der Waals surface area contributed by atoms with E-state index in [0.29, 0.717) is 34.3 Å². The normalized spacial score (nSPS) is 10.9. The molecule has 0 saturated carbocycles. The highest BCUT2D eigenvalue weighted by atomic mass is 16.5. The van der Waals surface area contributed by atoms with Gasteiger partial charge >= 0.3 is 0 Å². The molecule has 26 heavy (non-hydrogen) atoms. The first-order chi connectivity index (χ1) is 12.5. The average Bonchev–Trinajstić information content (AvgIpc) is 2.70. The maximum Gasteiger partial charge on any atom is 0.271 e. The molecule has 0 saturated heterocycles. The Balaban J connectivity index is 2.27. The third-order valence-electron chi connectivity index (χ3n) is 3.75. The standard InChI is InChI=1S/C19H22N2O5/c1-12(14-8-6-7-9-15(14)23-2)20-21-19(22)13-10-16(24-3)18(26-5)17(11-13)25-4/h6-11H,1-5H3,(H,21,22). The highest BCUT2D eigenvalue weighted by Gasteiger charge is 2.17. The summed E-state index contributed by atoms with van der Waals surface area (Å²) in [5.41, 5.74) is 4.27. The lowest BCUT2D eigenvalue weighted by Crippen LogP contribution is -2.19. The minimum atomic E-state index is -0.404. The van der Waals surface area contributed by atoms with E-state index in [0.717, 1.165) is 5.56 Å². The number of methoxy groups -OCH3 is 4. The van der Waals surface area contributed by atoms with Crippen molar-refractivity contribution in [2.75, 3.05) is 28.4 Å². The van der Waals surface area contributed by atoms with E-state index < -0.39 is 5.91 Å². The molecule has 0 aliphatic rings. The highest BCUT2D eigenvalue weighted by Crippen LogP contribution is 2.38. The lowest BCUT2D eigenvalue weighted by Gasteiger charge is -2.13. The molecule has 2 aromatic carbocycles. The molecule has 7 heteroatoms. The van der Waals surface area contributed by atoms with Gasteiger partial charge in [0.25, 0.3) is 5.91 Å². The van der Waals surface area contributed by atoms with Crippen molar-refractivity contribution in [3.8, 4) is 23.0 Å². The van der Waals surface area contributed by atoms with Gasteiger partial charge in [-0.15, -0.1) is 0 Å². The fourth-order valence-electron chi connectivity index (χ4n) is 2.42. The van der Waals surface area contributed by atoms with Crippen molar-refractivity contribution in [2.24, 2.45) is 5.10 Å². The second kappa shape index (κ2) is 8.75. The molecular formula is C19H22N2O5. The molecule has 7 nitrogen and oxygen atoms in total. The Morgan fingerprint density at radius 2 is 1.46 bits per heavy atom. The van der Waals surface area contributed by atoms with Crippen molar-refractivity contribution in [2.45, 2.75) is 6.92 Å². The fraction of sp³-hybridized carbons (Fsp3) is 0.263. The van der Waals surface area contributed by atoms with Gasteiger partial charge in [0.2, 0.25) is 5.75 Å². The van der Waals surface area contributed by atoms with Crippen molar-refractivity contribution in [1.82, 2.24) is 5.43 Å². The summed E-state index contributed by atoms with van der Waals surface area (Å²) < 4.78 is 21.1. The summed E-state index contributed by atoms with van der Waals surface area (Å²) in [6, 6.07) is 10.6. The molecule has 2 aromatic rings. The maximum atomic E-state index is 12.5. The molecule has 0 aliphatic heterocycles. The second-order valence-electron chi connectivity index (χ2n) is 5.25. The minimum Gasteiger partial charge on any atom is -0.496 e. The summed E-state index contributed by atoms with van der Waals surface area (Å²) in [5, 5.41) is 4.16. The van der Waals surface area contributed by atoms with Crippen LogP contribution in [0, 0.1) is 0 Å². The molecule has 0 aromatic heterocycles. The number of nitrogens with one attached hydrogen (secondary N) is 1. The molecule has 2 rings (SSSR count). The quantitative estimate of drug-likeness (QED) is 0.608. The molecular weight excluding hydrogens is 336 g/mol. The van der Waals surface area contributed by atoms with E-state index in [1.807, 2.05) is 24.3 Å². The number of hydrogen-bond acceptors (Lipinski definition) is 6. The molecule has 138 valence electrons. The van der Waals surface area contributed by atoms with Gasteiger partial charge in [0.15, 0.2) is 11.5 Å². The van der Waals surface area contributed by atoms with Crippen LogP contribution in [0.25, 0.3) is 0 Å². The van der Waals surface area contributed by atoms with Crippen LogP contribution in [0.2, 0.25) is 0 Å². The van der Waals surface area contributed by atoms with Crippen LogP contribution in [0.1, 0.15) is 22.8 Å². The van der Waals surface area contributed by atoms with Crippen LogP contribution < -0.4 is 24.4 Å². The van der Waals surface area contributed by atoms with Gasteiger partial charge < -0.3 is 18.9 Å². The predicted octanol–water partition coefficient (Wildman–Crippen LogP) is 2.88. The van der Waals surface area contributed by atoms with Gasteiger partial charge in [0, 0.05) is 11.1 Å². The van der Waals surface area contributed by atoms with Crippen molar-refractivity contribution >= 4 is 11.6 Å². The van der Waals surface area contributed by atoms with E-state index in [2.05, 4.69) is 10.5 Å². The van der Waals surface area contributed by atoms with Crippen molar-refractivity contribution in [3.63, 3.8) is 0 Å². The number of benzene rings is 2. The zero-order valence-corrected chi connectivity index (χ0v) is 15.5. The van der Waals surface area contributed by atoms with E-state index in [4.69, 9.17) is 18.9 Å². The maximum absolute atomic E-state index is 12.5. The van der Waals surface area contributed by atoms with Crippen molar-refractivity contribution < 1.29 is 23.7 Å². The second-order valence-corrected chi connectivity index (χ2v) is 5.25. The molecule has 0 bridgehead atoms. The number of nitrogens with zero attached hydrogens (tertiary/aromatic N) is 1. The van der Waals surface area contributed by atoms with Gasteiger partial charge in [0.05, 0.1) is 34.2 Å². The first kappa shape index (κ1) is 19.1. The summed E-state index contributed by atoms with van der Waals surface area (Å²) in [6.07, 6.45) is 0. The lowest BCUT2D eigenvalue weighted by atomic mass is 10.1. The number of rotatable bonds is 7. The van der Waals surface area contributed by atoms with E-state index in [-0.39, 0.29) is 0 Å². The number of carbonyl (C=O) groups excluding carboxylic acids is 1. The van der Waals surface area contributed by atoms with Crippen LogP contribution >= 0.6 is 0 Å². The molecule has 0 heterocycles. The molecule has 0 unspecified atom stereocenters. The van der Waals surface area contributed by atoms with Gasteiger partial charge in [0.1, 0.15) is 5.75 Å². The molecule has 0 atom stereocenters. The van der Waals surface area contributed by atoms with Gasteiger partial charge in [-0.2, -0.15) is 5.10 Å². The Labute approximate surface area is 152 Å². The van der Waals surface area contributed by atoms with E-state index in [1.165, 1.54) is 21.3 Å². The Morgan fingerprint density at radius 3 is 2.00 bits per heavy atom. The zero-order chi connectivity index (χ0) is 19.1. The monoisotopic (exact) mass is 358 g/mol. The summed E-state index contributed by atoms with van der Waals surface area (Å²) in [7, 11) is 6.06. The smallest absolute Gasteiger partial charge is 0.271 e. The molecule has 0 aliphatic carbocycles. The Morgan fingerprint density at radius 1 is 0.885 bits per heavy atom.